The molecular weight excluding hydrogens is 412 g/mol. The maximum atomic E-state index is 13.6. The number of nitrogens with zero attached hydrogens (tertiary/aromatic N) is 2. The molecule has 0 saturated carbocycles. The van der Waals surface area contributed by atoms with Gasteiger partial charge in [0.15, 0.2) is 0 Å². The highest BCUT2D eigenvalue weighted by Gasteiger charge is 2.37. The van der Waals surface area contributed by atoms with Gasteiger partial charge in [0, 0.05) is 31.7 Å². The molecule has 33 heavy (non-hydrogen) atoms. The lowest BCUT2D eigenvalue weighted by Gasteiger charge is -2.26. The zero-order valence-electron chi connectivity index (χ0n) is 19.0. The molecule has 0 radical (unpaired) electrons. The zero-order chi connectivity index (χ0) is 23.0. The Bertz CT molecular complexity index is 1050. The average molecular weight is 443 g/mol. The van der Waals surface area contributed by atoms with Gasteiger partial charge in [0.2, 0.25) is 11.8 Å². The number of ether oxygens (including phenoxy) is 1. The van der Waals surface area contributed by atoms with Crippen LogP contribution in [-0.4, -0.2) is 36.4 Å². The van der Waals surface area contributed by atoms with Crippen LogP contribution in [0, 0.1) is 5.92 Å². The van der Waals surface area contributed by atoms with E-state index in [0.29, 0.717) is 26.2 Å². The molecule has 170 valence electrons. The van der Waals surface area contributed by atoms with Gasteiger partial charge in [-0.05, 0) is 48.7 Å². The molecule has 1 fully saturated rings. The molecule has 0 spiro atoms. The third kappa shape index (κ3) is 5.80. The lowest BCUT2D eigenvalue weighted by atomic mass is 10.1. The van der Waals surface area contributed by atoms with Crippen molar-refractivity contribution in [2.24, 2.45) is 5.92 Å². The second-order valence-electron chi connectivity index (χ2n) is 8.31. The molecule has 1 saturated heterocycles. The summed E-state index contributed by atoms with van der Waals surface area (Å²) in [7, 11) is 0. The van der Waals surface area contributed by atoms with Crippen molar-refractivity contribution in [3.05, 3.63) is 96.1 Å². The number of rotatable bonds is 9. The maximum absolute atomic E-state index is 13.6. The lowest BCUT2D eigenvalue weighted by Crippen LogP contribution is -2.38. The Labute approximate surface area is 195 Å². The molecule has 3 aromatic rings. The van der Waals surface area contributed by atoms with E-state index in [4.69, 9.17) is 4.74 Å². The molecule has 0 aliphatic carbocycles. The van der Waals surface area contributed by atoms with Crippen LogP contribution in [-0.2, 0) is 22.6 Å². The predicted molar refractivity (Wildman–Crippen MR) is 130 cm³/mol. The molecule has 1 aliphatic rings. The third-order valence-corrected chi connectivity index (χ3v) is 5.97. The van der Waals surface area contributed by atoms with Crippen LogP contribution in [0.15, 0.2) is 84.9 Å². The van der Waals surface area contributed by atoms with Crippen molar-refractivity contribution < 1.29 is 14.3 Å². The van der Waals surface area contributed by atoms with Gasteiger partial charge in [-0.15, -0.1) is 0 Å². The molecule has 1 aliphatic heterocycles. The Kier molecular flexibility index (Phi) is 7.40. The van der Waals surface area contributed by atoms with Crippen LogP contribution < -0.4 is 9.64 Å². The highest BCUT2D eigenvalue weighted by molar-refractivity contribution is 6.00. The van der Waals surface area contributed by atoms with E-state index in [1.54, 1.807) is 4.90 Å². The Morgan fingerprint density at radius 3 is 2.21 bits per heavy atom. The molecule has 1 atom stereocenters. The fourth-order valence-corrected chi connectivity index (χ4v) is 4.25. The van der Waals surface area contributed by atoms with Crippen molar-refractivity contribution in [1.29, 1.82) is 0 Å². The molecule has 4 rings (SSSR count). The van der Waals surface area contributed by atoms with Crippen molar-refractivity contribution in [1.82, 2.24) is 4.90 Å². The van der Waals surface area contributed by atoms with Crippen LogP contribution in [0.2, 0.25) is 0 Å². The minimum atomic E-state index is -0.344. The van der Waals surface area contributed by atoms with Gasteiger partial charge in [-0.2, -0.15) is 0 Å². The van der Waals surface area contributed by atoms with Crippen molar-refractivity contribution in [2.75, 3.05) is 24.6 Å². The molecule has 2 amide bonds. The Morgan fingerprint density at radius 2 is 1.58 bits per heavy atom. The zero-order valence-corrected chi connectivity index (χ0v) is 19.0. The second-order valence-corrected chi connectivity index (χ2v) is 8.31. The van der Waals surface area contributed by atoms with E-state index in [0.717, 1.165) is 23.4 Å². The lowest BCUT2D eigenvalue weighted by molar-refractivity contribution is -0.136. The molecule has 1 unspecified atom stereocenters. The quantitative estimate of drug-likeness (QED) is 0.482. The maximum Gasteiger partial charge on any atom is 0.228 e. The van der Waals surface area contributed by atoms with Crippen LogP contribution in [0.1, 0.15) is 24.5 Å². The summed E-state index contributed by atoms with van der Waals surface area (Å²) >= 11 is 0. The van der Waals surface area contributed by atoms with E-state index in [1.807, 2.05) is 84.6 Å². The van der Waals surface area contributed by atoms with E-state index < -0.39 is 0 Å². The van der Waals surface area contributed by atoms with E-state index in [9.17, 15) is 9.59 Å². The molecule has 1 heterocycles. The highest BCUT2D eigenvalue weighted by Crippen LogP contribution is 2.28. The summed E-state index contributed by atoms with van der Waals surface area (Å²) in [5.74, 6) is 0.454. The van der Waals surface area contributed by atoms with Gasteiger partial charge in [-0.3, -0.25) is 9.59 Å². The van der Waals surface area contributed by atoms with E-state index in [-0.39, 0.29) is 24.2 Å². The minimum absolute atomic E-state index is 0.0137. The standard InChI is InChI=1S/C28H30N2O3/c1-2-33-26-15-13-25(14-16-26)30-21-24(19-27(30)31)28(32)29(20-23-11-7-4-8-12-23)18-17-22-9-5-3-6-10-22/h3-16,24H,2,17-21H2,1H3. The van der Waals surface area contributed by atoms with E-state index in [2.05, 4.69) is 12.1 Å². The number of carbonyl (C=O) groups is 2. The smallest absolute Gasteiger partial charge is 0.228 e. The number of benzene rings is 3. The summed E-state index contributed by atoms with van der Waals surface area (Å²) in [4.78, 5) is 30.0. The van der Waals surface area contributed by atoms with Gasteiger partial charge in [0.1, 0.15) is 5.75 Å². The van der Waals surface area contributed by atoms with Gasteiger partial charge in [0.05, 0.1) is 12.5 Å². The van der Waals surface area contributed by atoms with E-state index >= 15 is 0 Å². The molecular formula is C28H30N2O3. The number of carbonyl (C=O) groups excluding carboxylic acids is 2. The fourth-order valence-electron chi connectivity index (χ4n) is 4.25. The summed E-state index contributed by atoms with van der Waals surface area (Å²) in [5.41, 5.74) is 3.09. The number of hydrogen-bond acceptors (Lipinski definition) is 3. The van der Waals surface area contributed by atoms with Gasteiger partial charge in [-0.1, -0.05) is 60.7 Å². The van der Waals surface area contributed by atoms with Crippen LogP contribution in [0.25, 0.3) is 0 Å². The van der Waals surface area contributed by atoms with Crippen LogP contribution in [0.4, 0.5) is 5.69 Å². The first kappa shape index (κ1) is 22.6. The van der Waals surface area contributed by atoms with Gasteiger partial charge in [-0.25, -0.2) is 0 Å². The average Bonchev–Trinajstić information content (AvgIpc) is 3.25. The number of anilines is 1. The summed E-state index contributed by atoms with van der Waals surface area (Å²) in [6, 6.07) is 27.7. The first-order valence-electron chi connectivity index (χ1n) is 11.5. The third-order valence-electron chi connectivity index (χ3n) is 5.97. The molecule has 0 N–H and O–H groups in total. The first-order valence-corrected chi connectivity index (χ1v) is 11.5. The Balaban J connectivity index is 1.47. The molecule has 5 nitrogen and oxygen atoms in total. The number of hydrogen-bond donors (Lipinski definition) is 0. The highest BCUT2D eigenvalue weighted by atomic mass is 16.5. The van der Waals surface area contributed by atoms with Crippen LogP contribution >= 0.6 is 0 Å². The normalized spacial score (nSPS) is 15.5. The fraction of sp³-hybridized carbons (Fsp3) is 0.286. The molecule has 3 aromatic carbocycles. The van der Waals surface area contributed by atoms with Crippen LogP contribution in [0.3, 0.4) is 0 Å². The van der Waals surface area contributed by atoms with Crippen molar-refractivity contribution >= 4 is 17.5 Å². The summed E-state index contributed by atoms with van der Waals surface area (Å²) in [6.07, 6.45) is 1.02. The largest absolute Gasteiger partial charge is 0.494 e. The van der Waals surface area contributed by atoms with Crippen LogP contribution in [0.5, 0.6) is 5.75 Å². The predicted octanol–water partition coefficient (Wildman–Crippen LogP) is 4.71. The first-order chi connectivity index (χ1) is 16.1. The van der Waals surface area contributed by atoms with Gasteiger partial charge in [0.25, 0.3) is 0 Å². The topological polar surface area (TPSA) is 49.9 Å². The number of amides is 2. The SMILES string of the molecule is CCOc1ccc(N2CC(C(=O)N(CCc3ccccc3)Cc3ccccc3)CC2=O)cc1. The minimum Gasteiger partial charge on any atom is -0.494 e. The van der Waals surface area contributed by atoms with Crippen molar-refractivity contribution in [3.63, 3.8) is 0 Å². The summed E-state index contributed by atoms with van der Waals surface area (Å²) in [5, 5.41) is 0. The van der Waals surface area contributed by atoms with Gasteiger partial charge >= 0.3 is 0 Å². The monoisotopic (exact) mass is 442 g/mol. The summed E-state index contributed by atoms with van der Waals surface area (Å²) in [6.45, 7) is 4.10. The molecule has 0 bridgehead atoms. The Morgan fingerprint density at radius 1 is 0.939 bits per heavy atom. The van der Waals surface area contributed by atoms with Crippen molar-refractivity contribution in [2.45, 2.75) is 26.3 Å². The second kappa shape index (κ2) is 10.8. The van der Waals surface area contributed by atoms with E-state index in [1.165, 1.54) is 5.56 Å². The molecule has 0 aromatic heterocycles. The van der Waals surface area contributed by atoms with Gasteiger partial charge < -0.3 is 14.5 Å². The molecule has 5 heteroatoms. The summed E-state index contributed by atoms with van der Waals surface area (Å²) < 4.78 is 5.50. The Hall–Kier alpha value is -3.60. The van der Waals surface area contributed by atoms with Crippen molar-refractivity contribution in [3.8, 4) is 5.75 Å².